The smallest absolute Gasteiger partial charge is 0.0704 e. The van der Waals surface area contributed by atoms with Crippen LogP contribution in [0.1, 0.15) is 11.1 Å². The highest BCUT2D eigenvalue weighted by atomic mass is 35.5. The monoisotopic (exact) mass is 268 g/mol. The van der Waals surface area contributed by atoms with Crippen LogP contribution in [0.3, 0.4) is 0 Å². The van der Waals surface area contributed by atoms with Crippen molar-refractivity contribution in [2.75, 3.05) is 5.73 Å². The molecular weight excluding hydrogens is 256 g/mol. The minimum absolute atomic E-state index is 0.607. The molecule has 1 aromatic heterocycles. The first kappa shape index (κ1) is 12.0. The number of fused-ring (bicyclic) bond motifs is 1. The number of anilines is 1. The number of para-hydroxylation sites is 1. The van der Waals surface area contributed by atoms with E-state index in [-0.39, 0.29) is 0 Å². The van der Waals surface area contributed by atoms with E-state index in [2.05, 4.69) is 11.1 Å². The number of hydrogen-bond acceptors (Lipinski definition) is 2. The lowest BCUT2D eigenvalue weighted by Gasteiger charge is -2.07. The third kappa shape index (κ3) is 2.40. The highest BCUT2D eigenvalue weighted by Gasteiger charge is 2.04. The largest absolute Gasteiger partial charge is 0.398 e. The maximum Gasteiger partial charge on any atom is 0.0704 e. The van der Waals surface area contributed by atoms with E-state index in [4.69, 9.17) is 17.3 Å². The Morgan fingerprint density at radius 1 is 1.05 bits per heavy atom. The molecule has 1 heterocycles. The maximum atomic E-state index is 6.06. The van der Waals surface area contributed by atoms with Crippen LogP contribution in [0.5, 0.6) is 0 Å². The van der Waals surface area contributed by atoms with E-state index < -0.39 is 0 Å². The van der Waals surface area contributed by atoms with Crippen LogP contribution in [-0.2, 0) is 6.42 Å². The molecule has 0 aliphatic heterocycles. The van der Waals surface area contributed by atoms with Crippen LogP contribution in [0.25, 0.3) is 10.9 Å². The van der Waals surface area contributed by atoms with Gasteiger partial charge in [0.2, 0.25) is 0 Å². The molecular formula is C16H13ClN2. The molecule has 0 saturated carbocycles. The van der Waals surface area contributed by atoms with E-state index in [0.717, 1.165) is 17.5 Å². The molecule has 3 rings (SSSR count). The van der Waals surface area contributed by atoms with Crippen molar-refractivity contribution in [2.24, 2.45) is 0 Å². The van der Waals surface area contributed by atoms with Crippen LogP contribution in [0, 0.1) is 0 Å². The molecule has 3 aromatic rings. The predicted octanol–water partition coefficient (Wildman–Crippen LogP) is 4.06. The van der Waals surface area contributed by atoms with Gasteiger partial charge in [-0.2, -0.15) is 0 Å². The minimum Gasteiger partial charge on any atom is -0.398 e. The summed E-state index contributed by atoms with van der Waals surface area (Å²) in [5, 5.41) is 1.79. The van der Waals surface area contributed by atoms with Crippen molar-refractivity contribution in [3.63, 3.8) is 0 Å². The zero-order valence-electron chi connectivity index (χ0n) is 10.3. The Morgan fingerprint density at radius 2 is 1.89 bits per heavy atom. The first-order chi connectivity index (χ1) is 9.24. The fourth-order valence-electron chi connectivity index (χ4n) is 2.21. The average molecular weight is 269 g/mol. The summed E-state index contributed by atoms with van der Waals surface area (Å²) < 4.78 is 0. The summed E-state index contributed by atoms with van der Waals surface area (Å²) in [6.07, 6.45) is 2.67. The van der Waals surface area contributed by atoms with Crippen LogP contribution < -0.4 is 5.73 Å². The van der Waals surface area contributed by atoms with Gasteiger partial charge in [-0.05, 0) is 41.8 Å². The van der Waals surface area contributed by atoms with E-state index in [9.17, 15) is 0 Å². The number of benzene rings is 2. The van der Waals surface area contributed by atoms with Gasteiger partial charge in [-0.25, -0.2) is 0 Å². The lowest BCUT2D eigenvalue weighted by molar-refractivity contribution is 1.20. The summed E-state index contributed by atoms with van der Waals surface area (Å²) in [6, 6.07) is 16.0. The highest BCUT2D eigenvalue weighted by molar-refractivity contribution is 6.33. The van der Waals surface area contributed by atoms with Gasteiger partial charge >= 0.3 is 0 Å². The number of halogens is 1. The quantitative estimate of drug-likeness (QED) is 0.712. The van der Waals surface area contributed by atoms with Crippen LogP contribution >= 0.6 is 11.6 Å². The Kier molecular flexibility index (Phi) is 3.10. The van der Waals surface area contributed by atoms with Crippen molar-refractivity contribution < 1.29 is 0 Å². The molecule has 0 radical (unpaired) electrons. The minimum atomic E-state index is 0.607. The fraction of sp³-hybridized carbons (Fsp3) is 0.0625. The van der Waals surface area contributed by atoms with Crippen molar-refractivity contribution in [2.45, 2.75) is 6.42 Å². The first-order valence-corrected chi connectivity index (χ1v) is 6.48. The molecule has 0 atom stereocenters. The fourth-order valence-corrected chi connectivity index (χ4v) is 2.41. The van der Waals surface area contributed by atoms with E-state index in [1.54, 1.807) is 0 Å². The van der Waals surface area contributed by atoms with Crippen LogP contribution in [0.4, 0.5) is 5.69 Å². The van der Waals surface area contributed by atoms with E-state index in [0.29, 0.717) is 10.7 Å². The summed E-state index contributed by atoms with van der Waals surface area (Å²) >= 11 is 6.06. The zero-order valence-corrected chi connectivity index (χ0v) is 11.1. The predicted molar refractivity (Wildman–Crippen MR) is 80.4 cm³/mol. The lowest BCUT2D eigenvalue weighted by Crippen LogP contribution is -1.93. The van der Waals surface area contributed by atoms with E-state index >= 15 is 0 Å². The number of hydrogen-bond donors (Lipinski definition) is 1. The molecule has 2 aromatic carbocycles. The third-order valence-corrected chi connectivity index (χ3v) is 3.53. The van der Waals surface area contributed by atoms with Gasteiger partial charge in [0.1, 0.15) is 0 Å². The number of pyridine rings is 1. The number of rotatable bonds is 2. The summed E-state index contributed by atoms with van der Waals surface area (Å²) in [6.45, 7) is 0. The molecule has 0 aliphatic rings. The molecule has 2 nitrogen and oxygen atoms in total. The number of nitrogens with two attached hydrogens (primary N) is 1. The molecule has 3 heteroatoms. The van der Waals surface area contributed by atoms with Gasteiger partial charge in [-0.15, -0.1) is 0 Å². The van der Waals surface area contributed by atoms with Gasteiger partial charge in [0.25, 0.3) is 0 Å². The average Bonchev–Trinajstić information content (AvgIpc) is 2.43. The third-order valence-electron chi connectivity index (χ3n) is 3.20. The first-order valence-electron chi connectivity index (χ1n) is 6.10. The normalized spacial score (nSPS) is 10.8. The molecule has 19 heavy (non-hydrogen) atoms. The number of nitrogens with zero attached hydrogens (tertiary/aromatic N) is 1. The molecule has 0 saturated heterocycles. The topological polar surface area (TPSA) is 38.9 Å². The Balaban J connectivity index is 2.03. The van der Waals surface area contributed by atoms with E-state index in [1.165, 1.54) is 10.9 Å². The Labute approximate surface area is 116 Å². The SMILES string of the molecule is Nc1ccc(Cc2ccnc3ccccc23)cc1Cl. The van der Waals surface area contributed by atoms with Crippen LogP contribution in [0.15, 0.2) is 54.7 Å². The van der Waals surface area contributed by atoms with E-state index in [1.807, 2.05) is 48.7 Å². The van der Waals surface area contributed by atoms with Crippen molar-refractivity contribution in [3.8, 4) is 0 Å². The van der Waals surface area contributed by atoms with Gasteiger partial charge in [0.15, 0.2) is 0 Å². The Bertz CT molecular complexity index is 732. The summed E-state index contributed by atoms with van der Waals surface area (Å²) in [5.74, 6) is 0. The van der Waals surface area contributed by atoms with Crippen molar-refractivity contribution in [3.05, 3.63) is 70.9 Å². The Hall–Kier alpha value is -2.06. The van der Waals surface area contributed by atoms with Gasteiger partial charge in [-0.3, -0.25) is 4.98 Å². The highest BCUT2D eigenvalue weighted by Crippen LogP contribution is 2.24. The Morgan fingerprint density at radius 3 is 2.74 bits per heavy atom. The molecule has 94 valence electrons. The number of nitrogen functional groups attached to an aromatic ring is 1. The molecule has 0 unspecified atom stereocenters. The molecule has 0 aliphatic carbocycles. The molecule has 0 bridgehead atoms. The molecule has 0 spiro atoms. The van der Waals surface area contributed by atoms with Gasteiger partial charge in [0.05, 0.1) is 16.2 Å². The number of aromatic nitrogens is 1. The zero-order chi connectivity index (χ0) is 13.2. The van der Waals surface area contributed by atoms with Crippen molar-refractivity contribution >= 4 is 28.2 Å². The second kappa shape index (κ2) is 4.90. The molecule has 2 N–H and O–H groups in total. The van der Waals surface area contributed by atoms with Crippen LogP contribution in [0.2, 0.25) is 5.02 Å². The van der Waals surface area contributed by atoms with Gasteiger partial charge < -0.3 is 5.73 Å². The second-order valence-electron chi connectivity index (χ2n) is 4.52. The van der Waals surface area contributed by atoms with Crippen molar-refractivity contribution in [1.82, 2.24) is 4.98 Å². The maximum absolute atomic E-state index is 6.06. The van der Waals surface area contributed by atoms with Crippen LogP contribution in [-0.4, -0.2) is 4.98 Å². The van der Waals surface area contributed by atoms with Crippen molar-refractivity contribution in [1.29, 1.82) is 0 Å². The molecule has 0 amide bonds. The summed E-state index contributed by atoms with van der Waals surface area (Å²) in [5.41, 5.74) is 9.75. The summed E-state index contributed by atoms with van der Waals surface area (Å²) in [4.78, 5) is 4.37. The standard InChI is InChI=1S/C16H13ClN2/c17-14-10-11(5-6-15(14)18)9-12-7-8-19-16-4-2-1-3-13(12)16/h1-8,10H,9,18H2. The van der Waals surface area contributed by atoms with Gasteiger partial charge in [-0.1, -0.05) is 35.9 Å². The lowest BCUT2D eigenvalue weighted by atomic mass is 10.0. The molecule has 0 fully saturated rings. The summed E-state index contributed by atoms with van der Waals surface area (Å²) in [7, 11) is 0. The second-order valence-corrected chi connectivity index (χ2v) is 4.93. The van der Waals surface area contributed by atoms with Gasteiger partial charge in [0, 0.05) is 11.6 Å².